The van der Waals surface area contributed by atoms with Crippen molar-refractivity contribution in [3.8, 4) is 17.4 Å². The van der Waals surface area contributed by atoms with E-state index < -0.39 is 0 Å². The normalized spacial score (nSPS) is 16.8. The van der Waals surface area contributed by atoms with Crippen LogP contribution >= 0.6 is 22.7 Å². The maximum absolute atomic E-state index is 11.0. The zero-order valence-corrected chi connectivity index (χ0v) is 24.6. The molecule has 2 aromatic carbocycles. The fourth-order valence-corrected chi connectivity index (χ4v) is 7.19. The van der Waals surface area contributed by atoms with Gasteiger partial charge in [-0.05, 0) is 48.7 Å². The lowest BCUT2D eigenvalue weighted by Gasteiger charge is -2.22. The van der Waals surface area contributed by atoms with E-state index in [2.05, 4.69) is 21.4 Å². The first kappa shape index (κ1) is 25.6. The highest BCUT2D eigenvalue weighted by Crippen LogP contribution is 2.44. The Balaban J connectivity index is 1.26. The van der Waals surface area contributed by atoms with Crippen molar-refractivity contribution in [3.05, 3.63) is 128 Å². The smallest absolute Gasteiger partial charge is 0.231 e. The van der Waals surface area contributed by atoms with Crippen molar-refractivity contribution in [3.63, 3.8) is 0 Å². The molecule has 8 rings (SSSR count). The molecule has 0 bridgehead atoms. The summed E-state index contributed by atoms with van der Waals surface area (Å²) < 4.78 is 3.95. The number of aromatic hydroxyl groups is 1. The topological polar surface area (TPSA) is 96.7 Å². The van der Waals surface area contributed by atoms with Crippen molar-refractivity contribution < 1.29 is 5.11 Å². The first-order valence-corrected chi connectivity index (χ1v) is 15.4. The summed E-state index contributed by atoms with van der Waals surface area (Å²) >= 11 is 3.05. The van der Waals surface area contributed by atoms with E-state index in [1.54, 1.807) is 23.9 Å². The quantitative estimate of drug-likeness (QED) is 0.276. The van der Waals surface area contributed by atoms with E-state index in [9.17, 15) is 5.11 Å². The minimum absolute atomic E-state index is 0.0443. The molecule has 210 valence electrons. The monoisotopic (exact) mass is 600 g/mol. The summed E-state index contributed by atoms with van der Waals surface area (Å²) in [5.41, 5.74) is 4.58. The third-order valence-electron chi connectivity index (χ3n) is 7.47. The molecule has 1 unspecified atom stereocenters. The molecule has 9 nitrogen and oxygen atoms in total. The third kappa shape index (κ3) is 4.49. The molecule has 11 heteroatoms. The predicted octanol–water partition coefficient (Wildman–Crippen LogP) is 5.40. The molecular formula is C32H24N8OS2. The van der Waals surface area contributed by atoms with E-state index in [1.807, 2.05) is 100 Å². The molecule has 0 saturated heterocycles. The van der Waals surface area contributed by atoms with Crippen LogP contribution in [-0.2, 0) is 0 Å². The summed E-state index contributed by atoms with van der Waals surface area (Å²) in [5.74, 6) is 0.844. The van der Waals surface area contributed by atoms with Gasteiger partial charge in [0.05, 0.1) is 43.9 Å². The van der Waals surface area contributed by atoms with Crippen molar-refractivity contribution in [1.82, 2.24) is 24.3 Å². The van der Waals surface area contributed by atoms with Crippen molar-refractivity contribution in [1.29, 1.82) is 0 Å². The molecule has 2 aliphatic heterocycles. The molecule has 4 aromatic heterocycles. The number of benzene rings is 2. The number of thiophene rings is 1. The van der Waals surface area contributed by atoms with Crippen LogP contribution in [0.25, 0.3) is 23.7 Å². The highest BCUT2D eigenvalue weighted by molar-refractivity contribution is 7.16. The van der Waals surface area contributed by atoms with Gasteiger partial charge in [-0.25, -0.2) is 19.7 Å². The number of nitrogens with zero attached hydrogens (tertiary/aromatic N) is 8. The number of rotatable bonds is 6. The molecule has 0 amide bonds. The molecule has 6 heterocycles. The zero-order chi connectivity index (χ0) is 28.9. The van der Waals surface area contributed by atoms with Crippen LogP contribution in [0.15, 0.2) is 107 Å². The number of aryl methyl sites for hydroxylation is 1. The third-order valence-corrected chi connectivity index (χ3v) is 9.37. The lowest BCUT2D eigenvalue weighted by atomic mass is 10.0. The Morgan fingerprint density at radius 3 is 2.67 bits per heavy atom. The highest BCUT2D eigenvalue weighted by Gasteiger charge is 2.37. The number of fused-ring (bicyclic) bond motifs is 1. The summed E-state index contributed by atoms with van der Waals surface area (Å²) in [6, 6.07) is 22.0. The number of para-hydroxylation sites is 2. The van der Waals surface area contributed by atoms with Crippen molar-refractivity contribution >= 4 is 45.7 Å². The van der Waals surface area contributed by atoms with E-state index in [0.717, 1.165) is 49.6 Å². The maximum Gasteiger partial charge on any atom is 0.231 e. The number of hydrazone groups is 1. The number of hydrogen-bond acceptors (Lipinski definition) is 9. The Morgan fingerprint density at radius 1 is 1.02 bits per heavy atom. The summed E-state index contributed by atoms with van der Waals surface area (Å²) in [4.78, 5) is 15.4. The largest absolute Gasteiger partial charge is 0.492 e. The second kappa shape index (κ2) is 10.3. The number of aromatic nitrogens is 5. The minimum atomic E-state index is -0.218. The Bertz CT molecular complexity index is 2100. The van der Waals surface area contributed by atoms with Crippen molar-refractivity contribution in [2.75, 3.05) is 5.01 Å². The molecule has 1 N–H and O–H groups in total. The lowest BCUT2D eigenvalue weighted by Crippen LogP contribution is -2.20. The molecule has 6 aromatic rings. The van der Waals surface area contributed by atoms with Gasteiger partial charge in [0.15, 0.2) is 0 Å². The number of allylic oxidation sites excluding steroid dienone is 1. The highest BCUT2D eigenvalue weighted by atomic mass is 32.1. The summed E-state index contributed by atoms with van der Waals surface area (Å²) in [6.45, 7) is 2.03. The van der Waals surface area contributed by atoms with Crippen LogP contribution in [-0.4, -0.2) is 35.1 Å². The Hall–Kier alpha value is -5.13. The van der Waals surface area contributed by atoms with Crippen LogP contribution in [0.2, 0.25) is 0 Å². The van der Waals surface area contributed by atoms with Crippen LogP contribution in [0, 0.1) is 6.92 Å². The Labute approximate surface area is 254 Å². The van der Waals surface area contributed by atoms with E-state index in [0.29, 0.717) is 16.4 Å². The molecule has 0 fully saturated rings. The predicted molar refractivity (Wildman–Crippen MR) is 170 cm³/mol. The number of thiazole rings is 1. The average molecular weight is 601 g/mol. The first-order chi connectivity index (χ1) is 21.1. The SMILES string of the molecule is Cc1nn(-c2ccccc2)c(-n2ccnc2)c1C1CC(c2cccs2)=NN1c1nc(O)c(/C=C2/C=c3ccccc3=N2)s1. The fraction of sp³-hybridized carbons (Fsp3) is 0.0938. The second-order valence-electron chi connectivity index (χ2n) is 10.2. The second-order valence-corrected chi connectivity index (χ2v) is 12.2. The first-order valence-electron chi connectivity index (χ1n) is 13.7. The standard InChI is InChI=1S/C32H24N8OS2/c1-20-29(31(38-14-13-33-19-38)39(36-20)23-9-3-2-4-10-23)26-18-25(27-12-7-15-42-27)37-40(26)32-35-30(41)28(43-32)17-22-16-21-8-5-6-11-24(21)34-22/h2-17,19,26,41H,18H2,1H3/b22-17-. The van der Waals surface area contributed by atoms with Crippen LogP contribution in [0.3, 0.4) is 0 Å². The van der Waals surface area contributed by atoms with Gasteiger partial charge in [0.2, 0.25) is 11.0 Å². The van der Waals surface area contributed by atoms with Gasteiger partial charge in [0.1, 0.15) is 12.1 Å². The molecule has 0 aliphatic carbocycles. The summed E-state index contributed by atoms with van der Waals surface area (Å²) in [6.07, 6.45) is 10.0. The van der Waals surface area contributed by atoms with Gasteiger partial charge in [-0.3, -0.25) is 4.57 Å². The number of anilines is 1. The average Bonchev–Trinajstić information content (AvgIpc) is 3.85. The zero-order valence-electron chi connectivity index (χ0n) is 22.9. The number of hydrogen-bond donors (Lipinski definition) is 1. The summed E-state index contributed by atoms with van der Waals surface area (Å²) in [5, 5.41) is 27.7. The molecule has 0 saturated carbocycles. The molecule has 43 heavy (non-hydrogen) atoms. The van der Waals surface area contributed by atoms with Gasteiger partial charge in [-0.1, -0.05) is 53.8 Å². The van der Waals surface area contributed by atoms with E-state index >= 15 is 0 Å². The maximum atomic E-state index is 11.0. The lowest BCUT2D eigenvalue weighted by molar-refractivity contribution is 0.455. The van der Waals surface area contributed by atoms with Gasteiger partial charge >= 0.3 is 0 Å². The van der Waals surface area contributed by atoms with Crippen molar-refractivity contribution in [2.45, 2.75) is 19.4 Å². The van der Waals surface area contributed by atoms with Gasteiger partial charge in [0.25, 0.3) is 0 Å². The Kier molecular flexibility index (Phi) is 6.12. The van der Waals surface area contributed by atoms with E-state index in [4.69, 9.17) is 15.2 Å². The van der Waals surface area contributed by atoms with Crippen molar-refractivity contribution in [2.24, 2.45) is 10.1 Å². The van der Waals surface area contributed by atoms with Gasteiger partial charge < -0.3 is 5.11 Å². The Morgan fingerprint density at radius 2 is 1.88 bits per heavy atom. The van der Waals surface area contributed by atoms with Gasteiger partial charge in [-0.2, -0.15) is 15.2 Å². The number of imidazole rings is 1. The minimum Gasteiger partial charge on any atom is -0.492 e. The summed E-state index contributed by atoms with van der Waals surface area (Å²) in [7, 11) is 0. The molecular weight excluding hydrogens is 577 g/mol. The van der Waals surface area contributed by atoms with E-state index in [1.165, 1.54) is 11.3 Å². The van der Waals surface area contributed by atoms with Crippen LogP contribution in [0.5, 0.6) is 5.88 Å². The van der Waals surface area contributed by atoms with Gasteiger partial charge in [-0.15, -0.1) is 11.3 Å². The van der Waals surface area contributed by atoms with Crippen LogP contribution in [0.1, 0.15) is 33.5 Å². The molecule has 0 radical (unpaired) electrons. The van der Waals surface area contributed by atoms with E-state index in [-0.39, 0.29) is 11.9 Å². The van der Waals surface area contributed by atoms with Crippen LogP contribution in [0.4, 0.5) is 5.13 Å². The fourth-order valence-electron chi connectivity index (χ4n) is 5.56. The molecule has 0 spiro atoms. The molecule has 1 atom stereocenters. The van der Waals surface area contributed by atoms with Crippen LogP contribution < -0.4 is 15.6 Å². The molecule has 2 aliphatic rings. The van der Waals surface area contributed by atoms with Gasteiger partial charge in [0, 0.05) is 29.6 Å².